The average Bonchev–Trinajstić information content (AvgIpc) is 3.03. The maximum atomic E-state index is 12.5. The van der Waals surface area contributed by atoms with Crippen molar-refractivity contribution in [3.63, 3.8) is 0 Å². The molecule has 0 radical (unpaired) electrons. The van der Waals surface area contributed by atoms with Gasteiger partial charge in [0.1, 0.15) is 11.4 Å². The number of piperidine rings is 1. The van der Waals surface area contributed by atoms with Crippen LogP contribution in [0.25, 0.3) is 0 Å². The van der Waals surface area contributed by atoms with Crippen LogP contribution in [0.1, 0.15) is 33.1 Å². The molecule has 9 nitrogen and oxygen atoms in total. The molecule has 0 unspecified atom stereocenters. The average molecular weight is 418 g/mol. The zero-order valence-corrected chi connectivity index (χ0v) is 18.3. The lowest BCUT2D eigenvalue weighted by Crippen LogP contribution is -2.49. The van der Waals surface area contributed by atoms with Crippen LogP contribution in [0.4, 0.5) is 16.6 Å². The van der Waals surface area contributed by atoms with Gasteiger partial charge in [0, 0.05) is 70.9 Å². The van der Waals surface area contributed by atoms with Crippen molar-refractivity contribution in [3.8, 4) is 0 Å². The first kappa shape index (κ1) is 21.1. The number of rotatable bonds is 6. The molecule has 3 aliphatic heterocycles. The number of carbonyl (C=O) groups excluding carboxylic acids is 1. The van der Waals surface area contributed by atoms with E-state index in [1.165, 1.54) is 0 Å². The number of aromatic nitrogens is 2. The summed E-state index contributed by atoms with van der Waals surface area (Å²) in [6.07, 6.45) is 4.16. The van der Waals surface area contributed by atoms with Crippen molar-refractivity contribution >= 4 is 17.9 Å². The second-order valence-electron chi connectivity index (χ2n) is 9.06. The molecule has 30 heavy (non-hydrogen) atoms. The molecule has 1 aromatic heterocycles. The zero-order valence-electron chi connectivity index (χ0n) is 18.3. The molecule has 166 valence electrons. The Morgan fingerprint density at radius 2 is 1.87 bits per heavy atom. The highest BCUT2D eigenvalue weighted by Crippen LogP contribution is 2.34. The van der Waals surface area contributed by atoms with Crippen LogP contribution in [0.15, 0.2) is 12.3 Å². The number of nitrogens with two attached hydrogens (primary N) is 1. The summed E-state index contributed by atoms with van der Waals surface area (Å²) >= 11 is 0. The molecule has 9 heteroatoms. The fraction of sp³-hybridized carbons (Fsp3) is 0.762. The molecule has 1 amide bonds. The second-order valence-corrected chi connectivity index (χ2v) is 9.06. The van der Waals surface area contributed by atoms with Crippen LogP contribution in [0.5, 0.6) is 0 Å². The standard InChI is InChI=1S/C21H35N7O2/c1-17(2)26-14-12-25(13-15-26)8-3-9-28-16-21(30-20(28)29)5-10-27(11-6-21)18-4-7-23-19(22)24-18/h4,7,17H,3,5-6,8-16H2,1-2H3,(H2,22,23,24). The first-order valence-electron chi connectivity index (χ1n) is 11.2. The molecule has 0 aromatic carbocycles. The van der Waals surface area contributed by atoms with Gasteiger partial charge in [-0.15, -0.1) is 0 Å². The molecule has 0 saturated carbocycles. The Morgan fingerprint density at radius 3 is 2.53 bits per heavy atom. The van der Waals surface area contributed by atoms with E-state index in [0.717, 1.165) is 77.4 Å². The van der Waals surface area contributed by atoms with Crippen LogP contribution in [-0.4, -0.2) is 101 Å². The van der Waals surface area contributed by atoms with Crippen molar-refractivity contribution in [2.45, 2.75) is 44.8 Å². The van der Waals surface area contributed by atoms with Crippen LogP contribution in [0.2, 0.25) is 0 Å². The Morgan fingerprint density at radius 1 is 1.13 bits per heavy atom. The number of amides is 1. The van der Waals surface area contributed by atoms with E-state index in [0.29, 0.717) is 12.6 Å². The van der Waals surface area contributed by atoms with Crippen LogP contribution in [0, 0.1) is 0 Å². The molecule has 0 bridgehead atoms. The van der Waals surface area contributed by atoms with Crippen LogP contribution >= 0.6 is 0 Å². The summed E-state index contributed by atoms with van der Waals surface area (Å²) in [6, 6.07) is 2.50. The number of hydrogen-bond acceptors (Lipinski definition) is 8. The Labute approximate surface area is 179 Å². The molecule has 3 aliphatic rings. The highest BCUT2D eigenvalue weighted by Gasteiger charge is 2.46. The quantitative estimate of drug-likeness (QED) is 0.740. The minimum absolute atomic E-state index is 0.153. The largest absolute Gasteiger partial charge is 0.441 e. The molecule has 2 N–H and O–H groups in total. The number of nitrogen functional groups attached to an aromatic ring is 1. The number of piperazine rings is 1. The van der Waals surface area contributed by atoms with E-state index in [1.54, 1.807) is 6.20 Å². The summed E-state index contributed by atoms with van der Waals surface area (Å²) in [7, 11) is 0. The molecule has 4 rings (SSSR count). The van der Waals surface area contributed by atoms with Gasteiger partial charge >= 0.3 is 6.09 Å². The van der Waals surface area contributed by atoms with Gasteiger partial charge in [-0.25, -0.2) is 9.78 Å². The molecule has 4 heterocycles. The number of nitrogens with zero attached hydrogens (tertiary/aromatic N) is 6. The van der Waals surface area contributed by atoms with E-state index in [2.05, 4.69) is 38.5 Å². The maximum Gasteiger partial charge on any atom is 0.410 e. The minimum atomic E-state index is -0.352. The number of carbonyl (C=O) groups is 1. The SMILES string of the molecule is CC(C)N1CCN(CCCN2CC3(CCN(c4ccnc(N)n4)CC3)OC2=O)CC1. The first-order chi connectivity index (χ1) is 14.4. The predicted octanol–water partition coefficient (Wildman–Crippen LogP) is 1.27. The van der Waals surface area contributed by atoms with E-state index < -0.39 is 0 Å². The number of hydrogen-bond donors (Lipinski definition) is 1. The lowest BCUT2D eigenvalue weighted by atomic mass is 9.91. The van der Waals surface area contributed by atoms with Gasteiger partial charge in [-0.3, -0.25) is 4.90 Å². The monoisotopic (exact) mass is 417 g/mol. The third kappa shape index (κ3) is 4.78. The lowest BCUT2D eigenvalue weighted by molar-refractivity contribution is 0.0366. The van der Waals surface area contributed by atoms with E-state index in [4.69, 9.17) is 10.5 Å². The fourth-order valence-electron chi connectivity index (χ4n) is 4.80. The summed E-state index contributed by atoms with van der Waals surface area (Å²) in [5.74, 6) is 1.13. The van der Waals surface area contributed by atoms with Crippen molar-refractivity contribution in [1.29, 1.82) is 0 Å². The van der Waals surface area contributed by atoms with Gasteiger partial charge in [0.2, 0.25) is 5.95 Å². The van der Waals surface area contributed by atoms with Gasteiger partial charge in [0.15, 0.2) is 0 Å². The van der Waals surface area contributed by atoms with Gasteiger partial charge in [0.25, 0.3) is 0 Å². The normalized spacial score (nSPS) is 22.8. The molecule has 3 fully saturated rings. The summed E-state index contributed by atoms with van der Waals surface area (Å²) < 4.78 is 5.88. The topological polar surface area (TPSA) is 91.1 Å². The summed E-state index contributed by atoms with van der Waals surface area (Å²) in [5.41, 5.74) is 5.35. The van der Waals surface area contributed by atoms with Crippen LogP contribution < -0.4 is 10.6 Å². The Kier molecular flexibility index (Phi) is 6.29. The predicted molar refractivity (Wildman–Crippen MR) is 116 cm³/mol. The molecule has 0 atom stereocenters. The Balaban J connectivity index is 1.21. The molecular formula is C21H35N7O2. The van der Waals surface area contributed by atoms with Crippen molar-refractivity contribution < 1.29 is 9.53 Å². The van der Waals surface area contributed by atoms with Gasteiger partial charge < -0.3 is 25.2 Å². The summed E-state index contributed by atoms with van der Waals surface area (Å²) in [5, 5.41) is 0. The molecule has 3 saturated heterocycles. The van der Waals surface area contributed by atoms with E-state index in [9.17, 15) is 4.79 Å². The van der Waals surface area contributed by atoms with Crippen molar-refractivity contribution in [3.05, 3.63) is 12.3 Å². The molecule has 1 aromatic rings. The number of anilines is 2. The third-order valence-corrected chi connectivity index (χ3v) is 6.74. The Bertz CT molecular complexity index is 728. The van der Waals surface area contributed by atoms with E-state index >= 15 is 0 Å². The Hall–Kier alpha value is -2.13. The lowest BCUT2D eigenvalue weighted by Gasteiger charge is -2.38. The maximum absolute atomic E-state index is 12.5. The molecular weight excluding hydrogens is 382 g/mol. The van der Waals surface area contributed by atoms with E-state index in [-0.39, 0.29) is 17.6 Å². The van der Waals surface area contributed by atoms with E-state index in [1.807, 2.05) is 11.0 Å². The summed E-state index contributed by atoms with van der Waals surface area (Å²) in [4.78, 5) is 29.9. The smallest absolute Gasteiger partial charge is 0.410 e. The van der Waals surface area contributed by atoms with Gasteiger partial charge in [-0.1, -0.05) is 0 Å². The minimum Gasteiger partial charge on any atom is -0.441 e. The van der Waals surface area contributed by atoms with Crippen LogP contribution in [-0.2, 0) is 4.74 Å². The van der Waals surface area contributed by atoms with Crippen LogP contribution in [0.3, 0.4) is 0 Å². The molecule has 0 aliphatic carbocycles. The highest BCUT2D eigenvalue weighted by molar-refractivity contribution is 5.70. The fourth-order valence-corrected chi connectivity index (χ4v) is 4.80. The molecule has 1 spiro atoms. The first-order valence-corrected chi connectivity index (χ1v) is 11.2. The highest BCUT2D eigenvalue weighted by atomic mass is 16.6. The van der Waals surface area contributed by atoms with Crippen molar-refractivity contribution in [1.82, 2.24) is 24.7 Å². The second kappa shape index (κ2) is 8.93. The van der Waals surface area contributed by atoms with Gasteiger partial charge in [-0.2, -0.15) is 4.98 Å². The van der Waals surface area contributed by atoms with Crippen molar-refractivity contribution in [2.24, 2.45) is 0 Å². The number of ether oxygens (including phenoxy) is 1. The van der Waals surface area contributed by atoms with Gasteiger partial charge in [0.05, 0.1) is 6.54 Å². The van der Waals surface area contributed by atoms with Gasteiger partial charge in [-0.05, 0) is 32.9 Å². The third-order valence-electron chi connectivity index (χ3n) is 6.74. The summed E-state index contributed by atoms with van der Waals surface area (Å²) in [6.45, 7) is 13.2. The zero-order chi connectivity index (χ0) is 21.1. The van der Waals surface area contributed by atoms with Crippen molar-refractivity contribution in [2.75, 3.05) is 69.5 Å².